The Morgan fingerprint density at radius 1 is 1.29 bits per heavy atom. The molecule has 0 saturated heterocycles. The summed E-state index contributed by atoms with van der Waals surface area (Å²) < 4.78 is 11.9. The van der Waals surface area contributed by atoms with Crippen molar-refractivity contribution in [1.29, 1.82) is 0 Å². The van der Waals surface area contributed by atoms with Crippen molar-refractivity contribution >= 4 is 35.0 Å². The molecule has 1 aliphatic rings. The van der Waals surface area contributed by atoms with Crippen LogP contribution in [0.15, 0.2) is 60.1 Å². The third-order valence-corrected chi connectivity index (χ3v) is 5.87. The molecule has 0 radical (unpaired) electrons. The maximum atomic E-state index is 13.5. The van der Waals surface area contributed by atoms with Gasteiger partial charge in [0.05, 0.1) is 6.61 Å². The van der Waals surface area contributed by atoms with E-state index in [2.05, 4.69) is 17.4 Å². The van der Waals surface area contributed by atoms with Crippen LogP contribution in [0.4, 0.5) is 0 Å². The Kier molecular flexibility index (Phi) is 9.36. The Labute approximate surface area is 209 Å². The molecule has 3 rings (SSSR count). The number of benzene rings is 2. The van der Waals surface area contributed by atoms with Crippen LogP contribution in [0.5, 0.6) is 5.75 Å². The highest BCUT2D eigenvalue weighted by atomic mass is 35.5. The Balaban J connectivity index is 1.99. The molecule has 1 aliphatic heterocycles. The fraction of sp³-hybridized carbons (Fsp3) is 0.360. The number of carbonyl (C=O) groups excluding carboxylic acids is 1. The van der Waals surface area contributed by atoms with Crippen LogP contribution in [-0.2, 0) is 9.53 Å². The van der Waals surface area contributed by atoms with Crippen LogP contribution < -0.4 is 15.6 Å². The van der Waals surface area contributed by atoms with E-state index in [-0.39, 0.29) is 18.9 Å². The Hall–Kier alpha value is -2.58. The first-order valence-corrected chi connectivity index (χ1v) is 11.9. The second-order valence-corrected chi connectivity index (χ2v) is 8.67. The molecular weight excluding hydrogens is 477 g/mol. The summed E-state index contributed by atoms with van der Waals surface area (Å²) in [4.78, 5) is 18.2. The average molecular weight is 506 g/mol. The zero-order chi connectivity index (χ0) is 24.6. The maximum absolute atomic E-state index is 13.5. The van der Waals surface area contributed by atoms with Gasteiger partial charge in [0.1, 0.15) is 5.75 Å². The van der Waals surface area contributed by atoms with Gasteiger partial charge in [-0.25, -0.2) is 10.4 Å². The van der Waals surface area contributed by atoms with E-state index in [0.29, 0.717) is 52.4 Å². The van der Waals surface area contributed by atoms with Gasteiger partial charge in [-0.2, -0.15) is 0 Å². The van der Waals surface area contributed by atoms with E-state index in [9.17, 15) is 4.79 Å². The lowest BCUT2D eigenvalue weighted by Crippen LogP contribution is -2.52. The molecule has 0 aromatic heterocycles. The first kappa shape index (κ1) is 26.0. The molecule has 9 heteroatoms. The topological polar surface area (TPSA) is 92.2 Å². The first-order valence-electron chi connectivity index (χ1n) is 11.1. The van der Waals surface area contributed by atoms with E-state index in [1.807, 2.05) is 19.1 Å². The number of carbonyl (C=O) groups is 1. The molecule has 1 heterocycles. The molecular formula is C25H29Cl2N3O4. The summed E-state index contributed by atoms with van der Waals surface area (Å²) in [6.45, 7) is 6.94. The number of nitrogens with one attached hydrogen (secondary N) is 2. The molecule has 182 valence electrons. The minimum atomic E-state index is -1.33. The SMILES string of the molecule is C=CC[C@]1(C(=O)NNCCC)N=C(c2ccc(OCCCO)cc2)O[C@H]1c1ccc(Cl)cc1Cl. The van der Waals surface area contributed by atoms with Crippen molar-refractivity contribution in [2.24, 2.45) is 4.99 Å². The minimum Gasteiger partial charge on any atom is -0.494 e. The highest BCUT2D eigenvalue weighted by molar-refractivity contribution is 6.35. The molecule has 1 amide bonds. The molecule has 0 unspecified atom stereocenters. The summed E-state index contributed by atoms with van der Waals surface area (Å²) >= 11 is 12.6. The van der Waals surface area contributed by atoms with Gasteiger partial charge >= 0.3 is 0 Å². The van der Waals surface area contributed by atoms with Gasteiger partial charge in [-0.05, 0) is 42.8 Å². The largest absolute Gasteiger partial charge is 0.494 e. The third kappa shape index (κ3) is 5.91. The zero-order valence-corrected chi connectivity index (χ0v) is 20.5. The van der Waals surface area contributed by atoms with E-state index >= 15 is 0 Å². The fourth-order valence-electron chi connectivity index (χ4n) is 3.60. The summed E-state index contributed by atoms with van der Waals surface area (Å²) in [6, 6.07) is 12.3. The van der Waals surface area contributed by atoms with E-state index in [4.69, 9.17) is 42.8 Å². The van der Waals surface area contributed by atoms with Crippen molar-refractivity contribution in [3.63, 3.8) is 0 Å². The predicted octanol–water partition coefficient (Wildman–Crippen LogP) is 4.62. The van der Waals surface area contributed by atoms with Crippen molar-refractivity contribution in [3.8, 4) is 5.75 Å². The summed E-state index contributed by atoms with van der Waals surface area (Å²) in [6.07, 6.45) is 2.46. The van der Waals surface area contributed by atoms with Crippen molar-refractivity contribution in [2.75, 3.05) is 19.8 Å². The van der Waals surface area contributed by atoms with Crippen LogP contribution in [0.25, 0.3) is 0 Å². The van der Waals surface area contributed by atoms with E-state index in [0.717, 1.165) is 6.42 Å². The third-order valence-electron chi connectivity index (χ3n) is 5.31. The number of halogens is 2. The highest BCUT2D eigenvalue weighted by Gasteiger charge is 2.53. The highest BCUT2D eigenvalue weighted by Crippen LogP contribution is 2.45. The van der Waals surface area contributed by atoms with Gasteiger partial charge < -0.3 is 14.6 Å². The molecule has 2 atom stereocenters. The lowest BCUT2D eigenvalue weighted by Gasteiger charge is -2.30. The molecule has 0 bridgehead atoms. The molecule has 34 heavy (non-hydrogen) atoms. The lowest BCUT2D eigenvalue weighted by atomic mass is 9.84. The van der Waals surface area contributed by atoms with Gasteiger partial charge in [0, 0.05) is 47.2 Å². The van der Waals surface area contributed by atoms with Crippen LogP contribution in [0.1, 0.15) is 43.4 Å². The predicted molar refractivity (Wildman–Crippen MR) is 134 cm³/mol. The van der Waals surface area contributed by atoms with E-state index < -0.39 is 11.6 Å². The molecule has 2 aromatic rings. The number of aliphatic hydroxyl groups excluding tert-OH is 1. The number of amides is 1. The smallest absolute Gasteiger partial charge is 0.266 e. The standard InChI is InChI=1S/C25H29Cl2N3O4/c1-3-12-25(24(32)30-28-13-4-2)22(20-11-8-18(26)16-21(20)27)34-23(29-25)17-6-9-19(10-7-17)33-15-5-14-31/h3,6-11,16,22,28,31H,1,4-5,12-15H2,2H3,(H,30,32)/t22-,25-/m0/s1. The summed E-state index contributed by atoms with van der Waals surface area (Å²) in [7, 11) is 0. The average Bonchev–Trinajstić information content (AvgIpc) is 3.20. The zero-order valence-electron chi connectivity index (χ0n) is 19.0. The van der Waals surface area contributed by atoms with Crippen molar-refractivity contribution in [3.05, 3.63) is 76.3 Å². The lowest BCUT2D eigenvalue weighted by molar-refractivity contribution is -0.129. The number of hydrogen-bond acceptors (Lipinski definition) is 6. The van der Waals surface area contributed by atoms with Crippen molar-refractivity contribution in [1.82, 2.24) is 10.9 Å². The van der Waals surface area contributed by atoms with Gasteiger partial charge in [-0.3, -0.25) is 10.2 Å². The van der Waals surface area contributed by atoms with Crippen molar-refractivity contribution in [2.45, 2.75) is 37.8 Å². The second kappa shape index (κ2) is 12.2. The van der Waals surface area contributed by atoms with E-state index in [1.165, 1.54) is 0 Å². The van der Waals surface area contributed by atoms with Gasteiger partial charge in [0.25, 0.3) is 5.91 Å². The Morgan fingerprint density at radius 2 is 2.06 bits per heavy atom. The fourth-order valence-corrected chi connectivity index (χ4v) is 4.11. The van der Waals surface area contributed by atoms with Gasteiger partial charge in [0.2, 0.25) is 5.90 Å². The first-order chi connectivity index (χ1) is 16.4. The number of aliphatic imine (C=N–C) groups is 1. The molecule has 0 spiro atoms. The van der Waals surface area contributed by atoms with Gasteiger partial charge in [-0.1, -0.05) is 42.3 Å². The molecule has 2 aromatic carbocycles. The van der Waals surface area contributed by atoms with Crippen molar-refractivity contribution < 1.29 is 19.4 Å². The number of ether oxygens (including phenoxy) is 2. The van der Waals surface area contributed by atoms with Gasteiger partial charge in [-0.15, -0.1) is 6.58 Å². The summed E-state index contributed by atoms with van der Waals surface area (Å²) in [5.74, 6) is 0.619. The van der Waals surface area contributed by atoms with Crippen LogP contribution >= 0.6 is 23.2 Å². The van der Waals surface area contributed by atoms with E-state index in [1.54, 1.807) is 36.4 Å². The molecule has 0 saturated carbocycles. The summed E-state index contributed by atoms with van der Waals surface area (Å²) in [5.41, 5.74) is 5.64. The summed E-state index contributed by atoms with van der Waals surface area (Å²) in [5, 5.41) is 9.78. The number of aliphatic hydroxyl groups is 1. The molecule has 7 nitrogen and oxygen atoms in total. The van der Waals surface area contributed by atoms with Crippen LogP contribution in [0.3, 0.4) is 0 Å². The number of hydrogen-bond donors (Lipinski definition) is 3. The number of hydrazine groups is 1. The minimum absolute atomic E-state index is 0.0674. The normalized spacial score (nSPS) is 19.3. The quantitative estimate of drug-likeness (QED) is 0.222. The number of nitrogens with zero attached hydrogens (tertiary/aromatic N) is 1. The van der Waals surface area contributed by atoms with Gasteiger partial charge in [0.15, 0.2) is 11.6 Å². The molecule has 0 fully saturated rings. The Bertz CT molecular complexity index is 1030. The van der Waals surface area contributed by atoms with Crippen LogP contribution in [-0.4, -0.2) is 42.2 Å². The number of rotatable bonds is 12. The van der Waals surface area contributed by atoms with Crippen LogP contribution in [0, 0.1) is 0 Å². The Morgan fingerprint density at radius 3 is 2.71 bits per heavy atom. The van der Waals surface area contributed by atoms with Crippen LogP contribution in [0.2, 0.25) is 10.0 Å². The second-order valence-electron chi connectivity index (χ2n) is 7.83. The molecule has 3 N–H and O–H groups in total. The monoisotopic (exact) mass is 505 g/mol. The maximum Gasteiger partial charge on any atom is 0.266 e. The molecule has 0 aliphatic carbocycles.